The third kappa shape index (κ3) is 7.04. The summed E-state index contributed by atoms with van der Waals surface area (Å²) < 4.78 is 57.1. The van der Waals surface area contributed by atoms with E-state index in [1.54, 1.807) is 30.6 Å². The van der Waals surface area contributed by atoms with E-state index in [0.29, 0.717) is 55.0 Å². The van der Waals surface area contributed by atoms with E-state index in [1.807, 2.05) is 24.0 Å². The number of carbonyl (C=O) groups is 1. The van der Waals surface area contributed by atoms with E-state index in [2.05, 4.69) is 15.0 Å². The molecule has 2 aliphatic heterocycles. The highest BCUT2D eigenvalue weighted by atomic mass is 35.5. The minimum Gasteiger partial charge on any atom is -0.487 e. The van der Waals surface area contributed by atoms with Gasteiger partial charge in [-0.05, 0) is 68.0 Å². The number of rotatable bonds is 9. The molecule has 1 saturated carbocycles. The van der Waals surface area contributed by atoms with Crippen LogP contribution in [0.5, 0.6) is 11.6 Å². The molecule has 1 aliphatic carbocycles. The van der Waals surface area contributed by atoms with E-state index < -0.39 is 18.2 Å². The molecule has 3 aromatic rings. The average molecular weight is 617 g/mol. The monoisotopic (exact) mass is 616 g/mol. The first-order chi connectivity index (χ1) is 20.6. The number of hydrogen-bond acceptors (Lipinski definition) is 8. The Labute approximate surface area is 252 Å². The van der Waals surface area contributed by atoms with Crippen molar-refractivity contribution >= 4 is 17.6 Å². The van der Waals surface area contributed by atoms with Crippen LogP contribution in [0.3, 0.4) is 0 Å². The van der Waals surface area contributed by atoms with Gasteiger partial charge in [0.05, 0.1) is 0 Å². The number of halogens is 4. The first-order valence-electron chi connectivity index (χ1n) is 14.5. The summed E-state index contributed by atoms with van der Waals surface area (Å²) in [6.07, 6.45) is 1.94. The van der Waals surface area contributed by atoms with Gasteiger partial charge < -0.3 is 14.2 Å². The predicted molar refractivity (Wildman–Crippen MR) is 152 cm³/mol. The van der Waals surface area contributed by atoms with E-state index in [9.17, 15) is 18.0 Å². The minimum absolute atomic E-state index is 0.0793. The number of benzene rings is 1. The van der Waals surface area contributed by atoms with Crippen LogP contribution in [0.4, 0.5) is 13.2 Å². The van der Waals surface area contributed by atoms with Crippen molar-refractivity contribution in [1.29, 1.82) is 0 Å². The summed E-state index contributed by atoms with van der Waals surface area (Å²) in [6, 6.07) is 9.13. The largest absolute Gasteiger partial charge is 0.490 e. The van der Waals surface area contributed by atoms with Gasteiger partial charge in [-0.25, -0.2) is 9.78 Å². The van der Waals surface area contributed by atoms with Crippen molar-refractivity contribution in [2.75, 3.05) is 26.2 Å². The van der Waals surface area contributed by atoms with Gasteiger partial charge >= 0.3 is 12.1 Å². The molecule has 43 heavy (non-hydrogen) atoms. The summed E-state index contributed by atoms with van der Waals surface area (Å²) in [5, 5.41) is 0.651. The van der Waals surface area contributed by atoms with E-state index in [0.717, 1.165) is 47.4 Å². The van der Waals surface area contributed by atoms with Crippen LogP contribution in [0.2, 0.25) is 5.02 Å². The molecule has 2 aromatic heterocycles. The van der Waals surface area contributed by atoms with E-state index in [1.165, 1.54) is 0 Å². The highest BCUT2D eigenvalue weighted by Gasteiger charge is 2.45. The SMILES string of the molecule is Cc1nc(-c2ccncc2)nc(OC[C@H](CN2CCC3(CC2)Cc2cc(Cl)ccc2O3)OC(=O)C(F)(F)F)c1CC1CC1. The van der Waals surface area contributed by atoms with Gasteiger partial charge in [-0.3, -0.25) is 9.88 Å². The van der Waals surface area contributed by atoms with Crippen molar-refractivity contribution in [3.05, 3.63) is 64.6 Å². The first kappa shape index (κ1) is 29.6. The van der Waals surface area contributed by atoms with Crippen LogP contribution < -0.4 is 9.47 Å². The van der Waals surface area contributed by atoms with Crippen LogP contribution in [0.15, 0.2) is 42.7 Å². The fourth-order valence-corrected chi connectivity index (χ4v) is 5.99. The molecule has 0 unspecified atom stereocenters. The number of hydrogen-bond donors (Lipinski definition) is 0. The third-order valence-electron chi connectivity index (χ3n) is 8.31. The van der Waals surface area contributed by atoms with Crippen molar-refractivity contribution in [2.24, 2.45) is 5.92 Å². The molecule has 2 fully saturated rings. The number of alkyl halides is 3. The zero-order valence-electron chi connectivity index (χ0n) is 23.7. The summed E-state index contributed by atoms with van der Waals surface area (Å²) in [4.78, 5) is 27.2. The van der Waals surface area contributed by atoms with Crippen LogP contribution in [0, 0.1) is 12.8 Å². The van der Waals surface area contributed by atoms with Crippen molar-refractivity contribution in [2.45, 2.75) is 63.3 Å². The molecule has 228 valence electrons. The van der Waals surface area contributed by atoms with Gasteiger partial charge in [-0.2, -0.15) is 18.2 Å². The second-order valence-corrected chi connectivity index (χ2v) is 12.1. The van der Waals surface area contributed by atoms with Crippen molar-refractivity contribution in [3.63, 3.8) is 0 Å². The predicted octanol–water partition coefficient (Wildman–Crippen LogP) is 5.78. The summed E-state index contributed by atoms with van der Waals surface area (Å²) in [5.74, 6) is -0.200. The molecule has 3 aliphatic rings. The average Bonchev–Trinajstić information content (AvgIpc) is 3.73. The molecular formula is C31H32ClF3N4O4. The van der Waals surface area contributed by atoms with E-state index in [-0.39, 0.29) is 18.8 Å². The molecule has 8 nitrogen and oxygen atoms in total. The second-order valence-electron chi connectivity index (χ2n) is 11.7. The Kier molecular flexibility index (Phi) is 8.21. The molecule has 4 heterocycles. The lowest BCUT2D eigenvalue weighted by Crippen LogP contribution is -2.50. The zero-order chi connectivity index (χ0) is 30.2. The van der Waals surface area contributed by atoms with Gasteiger partial charge in [0.2, 0.25) is 5.88 Å². The quantitative estimate of drug-likeness (QED) is 0.280. The molecule has 1 aromatic carbocycles. The molecule has 6 rings (SSSR count). The maximum absolute atomic E-state index is 13.2. The number of pyridine rings is 1. The summed E-state index contributed by atoms with van der Waals surface area (Å²) >= 11 is 6.16. The number of aromatic nitrogens is 3. The summed E-state index contributed by atoms with van der Waals surface area (Å²) in [7, 11) is 0. The Morgan fingerprint density at radius 2 is 1.91 bits per heavy atom. The van der Waals surface area contributed by atoms with Gasteiger partial charge in [0.25, 0.3) is 0 Å². The molecule has 1 atom stereocenters. The van der Waals surface area contributed by atoms with Crippen LogP contribution in [0.1, 0.15) is 42.5 Å². The fourth-order valence-electron chi connectivity index (χ4n) is 5.79. The Morgan fingerprint density at radius 1 is 1.16 bits per heavy atom. The van der Waals surface area contributed by atoms with Crippen molar-refractivity contribution in [3.8, 4) is 23.0 Å². The molecule has 12 heteroatoms. The Morgan fingerprint density at radius 3 is 2.60 bits per heavy atom. The highest BCUT2D eigenvalue weighted by Crippen LogP contribution is 2.42. The maximum atomic E-state index is 13.2. The van der Waals surface area contributed by atoms with Gasteiger partial charge in [0.1, 0.15) is 24.1 Å². The number of nitrogens with zero attached hydrogens (tertiary/aromatic N) is 4. The summed E-state index contributed by atoms with van der Waals surface area (Å²) in [6.45, 7) is 2.80. The van der Waals surface area contributed by atoms with Crippen LogP contribution >= 0.6 is 11.6 Å². The number of carbonyl (C=O) groups excluding carboxylic acids is 1. The second kappa shape index (κ2) is 11.9. The normalized spacial score (nSPS) is 18.6. The lowest BCUT2D eigenvalue weighted by Gasteiger charge is -2.39. The van der Waals surface area contributed by atoms with Gasteiger partial charge in [-0.15, -0.1) is 0 Å². The molecule has 0 amide bonds. The number of aryl methyl sites for hydroxylation is 1. The Bertz CT molecular complexity index is 1480. The molecule has 1 saturated heterocycles. The van der Waals surface area contributed by atoms with Crippen molar-refractivity contribution < 1.29 is 32.2 Å². The van der Waals surface area contributed by atoms with E-state index >= 15 is 0 Å². The fraction of sp³-hybridized carbons (Fsp3) is 0.484. The smallest absolute Gasteiger partial charge is 0.487 e. The van der Waals surface area contributed by atoms with Gasteiger partial charge in [0.15, 0.2) is 5.82 Å². The first-order valence-corrected chi connectivity index (χ1v) is 14.8. The molecule has 1 spiro atoms. The number of likely N-dealkylation sites (tertiary alicyclic amines) is 1. The molecule has 0 radical (unpaired) electrons. The standard InChI is InChI=1S/C31H32ClF3N4O4/c1-19-25(14-20-2-3-20)28(38-27(37-19)21-6-10-36-11-7-21)41-18-24(42-29(40)31(33,34)35)17-39-12-8-30(9-13-39)16-22-15-23(32)4-5-26(22)43-30/h4-7,10-11,15,20,24H,2-3,8-9,12-14,16-18H2,1H3/t24-/m0/s1. The molecule has 0 N–H and O–H groups in total. The highest BCUT2D eigenvalue weighted by molar-refractivity contribution is 6.30. The number of piperidine rings is 1. The van der Waals surface area contributed by atoms with Gasteiger partial charge in [0, 0.05) is 73.1 Å². The Balaban J connectivity index is 1.16. The number of esters is 1. The number of fused-ring (bicyclic) bond motifs is 1. The Hall–Kier alpha value is -3.44. The minimum atomic E-state index is -5.12. The summed E-state index contributed by atoms with van der Waals surface area (Å²) in [5.41, 5.74) is 2.98. The lowest BCUT2D eigenvalue weighted by molar-refractivity contribution is -0.207. The lowest BCUT2D eigenvalue weighted by atomic mass is 9.87. The number of ether oxygens (including phenoxy) is 3. The third-order valence-corrected chi connectivity index (χ3v) is 8.54. The molecular weight excluding hydrogens is 585 g/mol. The van der Waals surface area contributed by atoms with Crippen LogP contribution in [-0.4, -0.2) is 69.9 Å². The molecule has 0 bridgehead atoms. The zero-order valence-corrected chi connectivity index (χ0v) is 24.5. The van der Waals surface area contributed by atoms with E-state index in [4.69, 9.17) is 25.8 Å². The van der Waals surface area contributed by atoms with Crippen molar-refractivity contribution in [1.82, 2.24) is 19.9 Å². The van der Waals surface area contributed by atoms with Gasteiger partial charge in [-0.1, -0.05) is 11.6 Å². The van der Waals surface area contributed by atoms with Crippen LogP contribution in [-0.2, 0) is 22.4 Å². The van der Waals surface area contributed by atoms with Crippen LogP contribution in [0.25, 0.3) is 11.4 Å². The maximum Gasteiger partial charge on any atom is 0.490 e. The topological polar surface area (TPSA) is 86.7 Å².